The first-order chi connectivity index (χ1) is 19.6. The van der Waals surface area contributed by atoms with E-state index in [0.29, 0.717) is 41.8 Å². The normalized spacial score (nSPS) is 20.8. The van der Waals surface area contributed by atoms with Crippen LogP contribution in [0.25, 0.3) is 0 Å². The Bertz CT molecular complexity index is 1190. The molecule has 1 heterocycles. The molecule has 1 aliphatic heterocycles. The van der Waals surface area contributed by atoms with Crippen molar-refractivity contribution in [3.8, 4) is 0 Å². The maximum Gasteiger partial charge on any atom is 0.391 e. The van der Waals surface area contributed by atoms with Crippen LogP contribution in [0.3, 0.4) is 0 Å². The van der Waals surface area contributed by atoms with Gasteiger partial charge in [0.25, 0.3) is 5.91 Å². The summed E-state index contributed by atoms with van der Waals surface area (Å²) in [5.74, 6) is -1.93. The first kappa shape index (κ1) is 34.1. The molecule has 3 atom stereocenters. The highest BCUT2D eigenvalue weighted by Crippen LogP contribution is 2.50. The summed E-state index contributed by atoms with van der Waals surface area (Å²) in [5.41, 5.74) is 0.601. The molecule has 1 fully saturated rings. The number of alkyl halides is 3. The van der Waals surface area contributed by atoms with Crippen LogP contribution in [0.15, 0.2) is 53.5 Å². The number of hydrogen-bond acceptors (Lipinski definition) is 6. The zero-order chi connectivity index (χ0) is 30.6. The Morgan fingerprint density at radius 2 is 1.88 bits per heavy atom. The lowest BCUT2D eigenvalue weighted by atomic mass is 9.79. The second kappa shape index (κ2) is 15.8. The van der Waals surface area contributed by atoms with Crippen molar-refractivity contribution in [1.29, 1.82) is 0 Å². The number of aldehydes is 2. The standard InChI is InChI=1S/C25H24ClF3N2O2.C4H9NO.CH4O/c1-2-21(17-10-8-16(15-32)9-11-17)31-23(33)22(18-5-3-7-20(26)13-18)30-24(31)12-4-6-19(14-24)25(27,28)29;1-5-3-2-4-6;1-2/h3,5,7-11,13,15,19,21H,2,4,6,12,14H2,1H3;4-5H,2-3H2,1H3;2H,1H3. The van der Waals surface area contributed by atoms with E-state index in [1.165, 1.54) is 0 Å². The Morgan fingerprint density at radius 3 is 2.39 bits per heavy atom. The predicted octanol–water partition coefficient (Wildman–Crippen LogP) is 5.79. The summed E-state index contributed by atoms with van der Waals surface area (Å²) in [6, 6.07) is 13.0. The van der Waals surface area contributed by atoms with Gasteiger partial charge in [0.2, 0.25) is 0 Å². The summed E-state index contributed by atoms with van der Waals surface area (Å²) < 4.78 is 41.3. The fraction of sp³-hybridized carbons (Fsp3) is 0.467. The Hall–Kier alpha value is -3.08. The number of nitrogens with one attached hydrogen (secondary N) is 1. The van der Waals surface area contributed by atoms with Crippen LogP contribution in [0, 0.1) is 5.92 Å². The number of hydrogen-bond donors (Lipinski definition) is 2. The number of amides is 1. The average molecular weight is 596 g/mol. The van der Waals surface area contributed by atoms with Gasteiger partial charge in [0.05, 0.1) is 12.0 Å². The molecule has 4 rings (SSSR count). The largest absolute Gasteiger partial charge is 0.400 e. The number of aliphatic hydroxyl groups is 1. The molecule has 3 unspecified atom stereocenters. The molecule has 1 aliphatic carbocycles. The molecule has 7 nitrogen and oxygen atoms in total. The minimum Gasteiger partial charge on any atom is -0.400 e. The van der Waals surface area contributed by atoms with Gasteiger partial charge in [-0.2, -0.15) is 13.2 Å². The molecular formula is C30H37ClF3N3O4. The third-order valence-electron chi connectivity index (χ3n) is 7.12. The lowest BCUT2D eigenvalue weighted by Gasteiger charge is -2.46. The van der Waals surface area contributed by atoms with Crippen LogP contribution in [-0.2, 0) is 9.59 Å². The Balaban J connectivity index is 0.000000654. The van der Waals surface area contributed by atoms with Crippen molar-refractivity contribution in [3.05, 3.63) is 70.2 Å². The average Bonchev–Trinajstić information content (AvgIpc) is 3.24. The lowest BCUT2D eigenvalue weighted by molar-refractivity contribution is -0.195. The minimum absolute atomic E-state index is 0.0279. The van der Waals surface area contributed by atoms with Crippen LogP contribution in [0.1, 0.15) is 73.0 Å². The first-order valence-corrected chi connectivity index (χ1v) is 13.8. The zero-order valence-corrected chi connectivity index (χ0v) is 24.2. The third kappa shape index (κ3) is 8.47. The molecule has 224 valence electrons. The van der Waals surface area contributed by atoms with Gasteiger partial charge in [-0.25, -0.2) is 0 Å². The van der Waals surface area contributed by atoms with Crippen molar-refractivity contribution in [2.24, 2.45) is 10.9 Å². The Labute approximate surface area is 243 Å². The van der Waals surface area contributed by atoms with Crippen LogP contribution < -0.4 is 5.32 Å². The topological polar surface area (TPSA) is 99.1 Å². The third-order valence-corrected chi connectivity index (χ3v) is 7.36. The predicted molar refractivity (Wildman–Crippen MR) is 153 cm³/mol. The van der Waals surface area contributed by atoms with E-state index in [1.807, 2.05) is 14.0 Å². The number of aliphatic hydroxyl groups excluding tert-OH is 1. The molecule has 2 aromatic carbocycles. The van der Waals surface area contributed by atoms with Crippen molar-refractivity contribution in [2.75, 3.05) is 20.7 Å². The van der Waals surface area contributed by atoms with Crippen molar-refractivity contribution < 1.29 is 32.7 Å². The van der Waals surface area contributed by atoms with Gasteiger partial charge in [-0.1, -0.05) is 54.9 Å². The van der Waals surface area contributed by atoms with Crippen LogP contribution in [0.4, 0.5) is 13.2 Å². The first-order valence-electron chi connectivity index (χ1n) is 13.4. The van der Waals surface area contributed by atoms with E-state index in [2.05, 4.69) is 5.32 Å². The number of nitrogens with zero attached hydrogens (tertiary/aromatic N) is 2. The summed E-state index contributed by atoms with van der Waals surface area (Å²) in [4.78, 5) is 40.6. The molecule has 41 heavy (non-hydrogen) atoms. The van der Waals surface area contributed by atoms with E-state index in [9.17, 15) is 27.6 Å². The summed E-state index contributed by atoms with van der Waals surface area (Å²) >= 11 is 6.12. The van der Waals surface area contributed by atoms with Gasteiger partial charge in [0.1, 0.15) is 23.9 Å². The second-order valence-electron chi connectivity index (χ2n) is 9.73. The molecule has 2 N–H and O–H groups in total. The van der Waals surface area contributed by atoms with Gasteiger partial charge >= 0.3 is 6.18 Å². The Morgan fingerprint density at radius 1 is 1.20 bits per heavy atom. The maximum absolute atomic E-state index is 13.8. The number of benzene rings is 2. The van der Waals surface area contributed by atoms with Crippen LogP contribution in [-0.4, -0.2) is 66.7 Å². The smallest absolute Gasteiger partial charge is 0.391 e. The fourth-order valence-corrected chi connectivity index (χ4v) is 5.46. The van der Waals surface area contributed by atoms with Crippen molar-refractivity contribution in [3.63, 3.8) is 0 Å². The van der Waals surface area contributed by atoms with Crippen molar-refractivity contribution in [1.82, 2.24) is 10.2 Å². The summed E-state index contributed by atoms with van der Waals surface area (Å²) in [5, 5.41) is 10.3. The number of rotatable bonds is 8. The molecule has 0 saturated heterocycles. The van der Waals surface area contributed by atoms with Crippen molar-refractivity contribution in [2.45, 2.75) is 63.3 Å². The van der Waals surface area contributed by atoms with Crippen LogP contribution in [0.2, 0.25) is 5.02 Å². The number of aliphatic imine (C=N–C) groups is 1. The van der Waals surface area contributed by atoms with E-state index in [4.69, 9.17) is 21.7 Å². The zero-order valence-electron chi connectivity index (χ0n) is 23.5. The molecule has 11 heteroatoms. The number of carbonyl (C=O) groups is 3. The molecule has 1 amide bonds. The quantitative estimate of drug-likeness (QED) is 0.297. The lowest BCUT2D eigenvalue weighted by Crippen LogP contribution is -2.52. The fourth-order valence-electron chi connectivity index (χ4n) is 5.27. The molecule has 2 aliphatic rings. The highest BCUT2D eigenvalue weighted by molar-refractivity contribution is 6.47. The highest BCUT2D eigenvalue weighted by Gasteiger charge is 2.56. The highest BCUT2D eigenvalue weighted by atomic mass is 35.5. The maximum atomic E-state index is 13.8. The molecule has 0 bridgehead atoms. The molecule has 0 aromatic heterocycles. The van der Waals surface area contributed by atoms with E-state index < -0.39 is 29.7 Å². The summed E-state index contributed by atoms with van der Waals surface area (Å²) in [6.07, 6.45) is -1.18. The Kier molecular flexibility index (Phi) is 13.1. The summed E-state index contributed by atoms with van der Waals surface area (Å²) in [7, 11) is 2.82. The van der Waals surface area contributed by atoms with Gasteiger partial charge in [-0.3, -0.25) is 14.6 Å². The minimum atomic E-state index is -4.36. The van der Waals surface area contributed by atoms with Gasteiger partial charge in [0, 0.05) is 42.6 Å². The van der Waals surface area contributed by atoms with Crippen LogP contribution >= 0.6 is 11.6 Å². The van der Waals surface area contributed by atoms with E-state index in [1.54, 1.807) is 53.4 Å². The molecule has 0 radical (unpaired) electrons. The van der Waals surface area contributed by atoms with Crippen LogP contribution in [0.5, 0.6) is 0 Å². The van der Waals surface area contributed by atoms with E-state index in [0.717, 1.165) is 31.8 Å². The SMILES string of the molecule is CCC(c1ccc(C=O)cc1)N1C(=O)C(c2cccc(Cl)c2)=NC12CCCC(C(F)(F)F)C2.CNCCC=O.CO. The molecule has 2 aromatic rings. The molecular weight excluding hydrogens is 559 g/mol. The van der Waals surface area contributed by atoms with Gasteiger partial charge in [-0.15, -0.1) is 0 Å². The monoisotopic (exact) mass is 595 g/mol. The second-order valence-corrected chi connectivity index (χ2v) is 10.2. The summed E-state index contributed by atoms with van der Waals surface area (Å²) in [6.45, 7) is 2.68. The van der Waals surface area contributed by atoms with Gasteiger partial charge in [-0.05, 0) is 50.4 Å². The van der Waals surface area contributed by atoms with E-state index >= 15 is 0 Å². The van der Waals surface area contributed by atoms with Gasteiger partial charge < -0.3 is 20.1 Å². The molecule has 1 spiro atoms. The van der Waals surface area contributed by atoms with E-state index in [-0.39, 0.29) is 18.6 Å². The molecule has 1 saturated carbocycles. The van der Waals surface area contributed by atoms with Gasteiger partial charge in [0.15, 0.2) is 0 Å². The number of carbonyl (C=O) groups excluding carboxylic acids is 3. The van der Waals surface area contributed by atoms with Crippen molar-refractivity contribution >= 4 is 35.8 Å². The number of halogens is 4.